The van der Waals surface area contributed by atoms with Gasteiger partial charge in [-0.05, 0) is 0 Å². The normalized spacial score (nSPS) is 9.59. The molecule has 6 nitrogen and oxygen atoms in total. The van der Waals surface area contributed by atoms with Gasteiger partial charge in [0.25, 0.3) is 0 Å². The van der Waals surface area contributed by atoms with Gasteiger partial charge in [-0.3, -0.25) is 9.59 Å². The lowest BCUT2D eigenvalue weighted by molar-refractivity contribution is -0.139. The zero-order valence-corrected chi connectivity index (χ0v) is 9.85. The van der Waals surface area contributed by atoms with Gasteiger partial charge < -0.3 is 14.2 Å². The van der Waals surface area contributed by atoms with Gasteiger partial charge in [-0.15, -0.1) is 0 Å². The highest BCUT2D eigenvalue weighted by Crippen LogP contribution is 2.22. The predicted octanol–water partition coefficient (Wildman–Crippen LogP) is 0.845. The lowest BCUT2D eigenvalue weighted by atomic mass is 10.1. The van der Waals surface area contributed by atoms with E-state index in [0.29, 0.717) is 5.75 Å². The Morgan fingerprint density at radius 1 is 1.24 bits per heavy atom. The summed E-state index contributed by atoms with van der Waals surface area (Å²) in [5, 5.41) is 0. The Balaban J connectivity index is 3.01. The summed E-state index contributed by atoms with van der Waals surface area (Å²) in [5.41, 5.74) is 0.241. The van der Waals surface area contributed by atoms with Crippen LogP contribution in [0, 0.1) is 0 Å². The first-order valence-electron chi connectivity index (χ1n) is 4.80. The number of ketones is 1. The lowest BCUT2D eigenvalue weighted by Crippen LogP contribution is -2.11. The quantitative estimate of drug-likeness (QED) is 0.430. The highest BCUT2D eigenvalue weighted by atomic mass is 16.5. The molecule has 17 heavy (non-hydrogen) atoms. The molecule has 0 spiro atoms. The first-order valence-corrected chi connectivity index (χ1v) is 4.80. The fraction of sp³-hybridized carbons (Fsp3) is 0.364. The molecule has 0 bridgehead atoms. The van der Waals surface area contributed by atoms with E-state index in [9.17, 15) is 9.59 Å². The Labute approximate surface area is 98.5 Å². The highest BCUT2D eigenvalue weighted by Gasteiger charge is 2.17. The van der Waals surface area contributed by atoms with E-state index in [2.05, 4.69) is 9.72 Å². The van der Waals surface area contributed by atoms with Crippen molar-refractivity contribution in [3.8, 4) is 11.6 Å². The molecule has 0 radical (unpaired) electrons. The molecule has 0 unspecified atom stereocenters. The van der Waals surface area contributed by atoms with Crippen LogP contribution >= 0.6 is 0 Å². The number of rotatable bonds is 5. The van der Waals surface area contributed by atoms with Gasteiger partial charge in [0.1, 0.15) is 12.2 Å². The summed E-state index contributed by atoms with van der Waals surface area (Å²) in [5.74, 6) is -0.444. The van der Waals surface area contributed by atoms with Crippen molar-refractivity contribution < 1.29 is 23.8 Å². The fourth-order valence-electron chi connectivity index (χ4n) is 1.21. The average Bonchev–Trinajstić information content (AvgIpc) is 2.37. The summed E-state index contributed by atoms with van der Waals surface area (Å²) in [6.45, 7) is 0. The molecule has 0 saturated heterocycles. The van der Waals surface area contributed by atoms with E-state index >= 15 is 0 Å². The summed E-state index contributed by atoms with van der Waals surface area (Å²) in [7, 11) is 4.07. The van der Waals surface area contributed by atoms with Crippen molar-refractivity contribution in [3.05, 3.63) is 17.8 Å². The highest BCUT2D eigenvalue weighted by molar-refractivity contribution is 6.07. The van der Waals surface area contributed by atoms with Gasteiger partial charge >= 0.3 is 5.97 Å². The molecule has 1 aromatic rings. The average molecular weight is 239 g/mol. The maximum atomic E-state index is 11.8. The number of aromatic nitrogens is 1. The maximum absolute atomic E-state index is 11.8. The molecule has 0 atom stereocenters. The molecular weight excluding hydrogens is 226 g/mol. The van der Waals surface area contributed by atoms with Crippen LogP contribution in [-0.2, 0) is 9.53 Å². The number of pyridine rings is 1. The monoisotopic (exact) mass is 239 g/mol. The largest absolute Gasteiger partial charge is 0.494 e. The Morgan fingerprint density at radius 3 is 2.47 bits per heavy atom. The topological polar surface area (TPSA) is 74.7 Å². The number of hydrogen-bond acceptors (Lipinski definition) is 6. The van der Waals surface area contributed by atoms with Crippen LogP contribution in [-0.4, -0.2) is 38.1 Å². The van der Waals surface area contributed by atoms with Crippen LogP contribution in [0.3, 0.4) is 0 Å². The van der Waals surface area contributed by atoms with E-state index in [-0.39, 0.29) is 17.9 Å². The summed E-state index contributed by atoms with van der Waals surface area (Å²) in [6, 6.07) is 1.42. The van der Waals surface area contributed by atoms with Crippen LogP contribution in [0.5, 0.6) is 11.6 Å². The van der Waals surface area contributed by atoms with Crippen LogP contribution < -0.4 is 9.47 Å². The summed E-state index contributed by atoms with van der Waals surface area (Å²) in [4.78, 5) is 26.7. The third-order valence-electron chi connectivity index (χ3n) is 2.10. The molecule has 0 aromatic carbocycles. The Hall–Kier alpha value is -2.11. The van der Waals surface area contributed by atoms with E-state index in [1.54, 1.807) is 0 Å². The van der Waals surface area contributed by atoms with Crippen LogP contribution in [0.25, 0.3) is 0 Å². The van der Waals surface area contributed by atoms with E-state index in [0.717, 1.165) is 0 Å². The molecule has 6 heteroatoms. The predicted molar refractivity (Wildman–Crippen MR) is 58.3 cm³/mol. The van der Waals surface area contributed by atoms with Gasteiger partial charge in [0.15, 0.2) is 5.78 Å². The van der Waals surface area contributed by atoms with Crippen LogP contribution in [0.15, 0.2) is 12.3 Å². The van der Waals surface area contributed by atoms with Crippen molar-refractivity contribution in [3.63, 3.8) is 0 Å². The molecule has 0 aliphatic carbocycles. The van der Waals surface area contributed by atoms with Crippen molar-refractivity contribution in [2.24, 2.45) is 0 Å². The van der Waals surface area contributed by atoms with Gasteiger partial charge in [0.2, 0.25) is 5.88 Å². The van der Waals surface area contributed by atoms with Gasteiger partial charge in [0, 0.05) is 6.07 Å². The van der Waals surface area contributed by atoms with Gasteiger partial charge in [-0.1, -0.05) is 0 Å². The van der Waals surface area contributed by atoms with Crippen LogP contribution in [0.4, 0.5) is 0 Å². The van der Waals surface area contributed by atoms with Crippen LogP contribution in [0.1, 0.15) is 16.8 Å². The molecule has 0 amide bonds. The molecule has 0 aliphatic heterocycles. The third kappa shape index (κ3) is 3.17. The number of esters is 1. The number of carbonyl (C=O) groups is 2. The minimum Gasteiger partial charge on any atom is -0.494 e. The summed E-state index contributed by atoms with van der Waals surface area (Å²) < 4.78 is 14.3. The van der Waals surface area contributed by atoms with E-state index < -0.39 is 11.8 Å². The molecule has 0 aliphatic rings. The molecular formula is C11H13NO5. The van der Waals surface area contributed by atoms with Crippen molar-refractivity contribution >= 4 is 11.8 Å². The SMILES string of the molecule is COC(=O)CC(=O)c1cc(OC)ncc1OC. The molecule has 0 saturated carbocycles. The lowest BCUT2D eigenvalue weighted by Gasteiger charge is -2.08. The summed E-state index contributed by atoms with van der Waals surface area (Å²) in [6.07, 6.45) is 1.02. The number of nitrogens with zero attached hydrogens (tertiary/aromatic N) is 1. The number of hydrogen-bond donors (Lipinski definition) is 0. The molecule has 1 aromatic heterocycles. The van der Waals surface area contributed by atoms with Crippen molar-refractivity contribution in [2.75, 3.05) is 21.3 Å². The number of methoxy groups -OCH3 is 3. The molecule has 0 N–H and O–H groups in total. The second kappa shape index (κ2) is 5.83. The fourth-order valence-corrected chi connectivity index (χ4v) is 1.21. The van der Waals surface area contributed by atoms with Crippen LogP contribution in [0.2, 0.25) is 0 Å². The second-order valence-corrected chi connectivity index (χ2v) is 3.10. The number of carbonyl (C=O) groups excluding carboxylic acids is 2. The summed E-state index contributed by atoms with van der Waals surface area (Å²) >= 11 is 0. The standard InChI is InChI=1S/C11H13NO5/c1-15-9-6-12-10(16-2)4-7(9)8(13)5-11(14)17-3/h4,6H,5H2,1-3H3. The first kappa shape index (κ1) is 13.0. The van der Waals surface area contributed by atoms with E-state index in [1.165, 1.54) is 33.6 Å². The number of ether oxygens (including phenoxy) is 3. The van der Waals surface area contributed by atoms with Crippen molar-refractivity contribution in [1.29, 1.82) is 0 Å². The molecule has 1 rings (SSSR count). The molecule has 1 heterocycles. The Bertz CT molecular complexity index is 430. The molecule has 92 valence electrons. The smallest absolute Gasteiger partial charge is 0.313 e. The van der Waals surface area contributed by atoms with Crippen molar-refractivity contribution in [2.45, 2.75) is 6.42 Å². The molecule has 0 fully saturated rings. The Kier molecular flexibility index (Phi) is 4.45. The number of Topliss-reactive ketones (excluding diaryl/α,β-unsaturated/α-hetero) is 1. The maximum Gasteiger partial charge on any atom is 0.313 e. The third-order valence-corrected chi connectivity index (χ3v) is 2.10. The minimum absolute atomic E-state index is 0.241. The minimum atomic E-state index is -0.604. The Morgan fingerprint density at radius 2 is 1.94 bits per heavy atom. The zero-order valence-electron chi connectivity index (χ0n) is 9.85. The van der Waals surface area contributed by atoms with Gasteiger partial charge in [-0.2, -0.15) is 0 Å². The van der Waals surface area contributed by atoms with E-state index in [4.69, 9.17) is 9.47 Å². The van der Waals surface area contributed by atoms with Crippen molar-refractivity contribution in [1.82, 2.24) is 4.98 Å². The zero-order chi connectivity index (χ0) is 12.8. The first-order chi connectivity index (χ1) is 8.12. The van der Waals surface area contributed by atoms with Gasteiger partial charge in [-0.25, -0.2) is 4.98 Å². The van der Waals surface area contributed by atoms with Gasteiger partial charge in [0.05, 0.1) is 33.1 Å². The second-order valence-electron chi connectivity index (χ2n) is 3.10. The van der Waals surface area contributed by atoms with E-state index in [1.807, 2.05) is 0 Å².